The van der Waals surface area contributed by atoms with Crippen LogP contribution in [-0.4, -0.2) is 42.2 Å². The Morgan fingerprint density at radius 3 is 2.60 bits per heavy atom. The zero-order valence-corrected chi connectivity index (χ0v) is 16.5. The molecular formula is C17H22BrN3O3S. The van der Waals surface area contributed by atoms with E-state index in [1.54, 1.807) is 10.5 Å². The zero-order chi connectivity index (χ0) is 18.2. The maximum absolute atomic E-state index is 12.2. The number of hydrogen-bond donors (Lipinski definition) is 1. The summed E-state index contributed by atoms with van der Waals surface area (Å²) in [5, 5.41) is 0.989. The van der Waals surface area contributed by atoms with E-state index in [0.29, 0.717) is 19.5 Å². The smallest absolute Gasteiger partial charge is 0.323 e. The third-order valence-corrected chi connectivity index (χ3v) is 7.35. The van der Waals surface area contributed by atoms with Crippen molar-refractivity contribution in [1.29, 1.82) is 0 Å². The van der Waals surface area contributed by atoms with Gasteiger partial charge in [0, 0.05) is 29.1 Å². The molecule has 0 unspecified atom stereocenters. The van der Waals surface area contributed by atoms with Crippen LogP contribution in [0.25, 0.3) is 10.9 Å². The van der Waals surface area contributed by atoms with E-state index in [4.69, 9.17) is 5.73 Å². The molecule has 1 amide bonds. The molecule has 0 bridgehead atoms. The molecule has 0 atom stereocenters. The first-order chi connectivity index (χ1) is 11.8. The lowest BCUT2D eigenvalue weighted by Gasteiger charge is -2.31. The van der Waals surface area contributed by atoms with Crippen molar-refractivity contribution in [3.8, 4) is 0 Å². The monoisotopic (exact) mass is 427 g/mol. The number of carbonyl (C=O) groups is 1. The summed E-state index contributed by atoms with van der Waals surface area (Å²) in [6, 6.07) is 5.23. The predicted octanol–water partition coefficient (Wildman–Crippen LogP) is 3.25. The van der Waals surface area contributed by atoms with Gasteiger partial charge >= 0.3 is 6.03 Å². The highest BCUT2D eigenvalue weighted by atomic mass is 79.9. The lowest BCUT2D eigenvalue weighted by Crippen LogP contribution is -2.39. The highest BCUT2D eigenvalue weighted by Gasteiger charge is 2.29. The molecule has 136 valence electrons. The molecule has 1 saturated heterocycles. The van der Waals surface area contributed by atoms with Crippen LogP contribution in [0.2, 0.25) is 0 Å². The Labute approximate surface area is 156 Å². The minimum atomic E-state index is -3.15. The third kappa shape index (κ3) is 3.61. The van der Waals surface area contributed by atoms with Crippen LogP contribution in [0.1, 0.15) is 37.7 Å². The number of piperidine rings is 1. The number of halogens is 1. The Hall–Kier alpha value is -1.38. The average molecular weight is 428 g/mol. The number of primary amides is 1. The molecule has 1 aliphatic rings. The second-order valence-electron chi connectivity index (χ2n) is 6.44. The standard InChI is InChI=1S/C17H22BrN3O3S/c1-2-9-25(23,24)20-7-5-12(6-8-20)15-11-21(17(19)22)16-4-3-13(18)10-14(15)16/h3-4,10-12H,2,5-9H2,1H3,(H2,19,22). The largest absolute Gasteiger partial charge is 0.351 e. The second kappa shape index (κ2) is 7.09. The normalized spacial score (nSPS) is 17.2. The fourth-order valence-electron chi connectivity index (χ4n) is 3.57. The fraction of sp³-hybridized carbons (Fsp3) is 0.471. The number of nitrogens with two attached hydrogens (primary N) is 1. The first-order valence-electron chi connectivity index (χ1n) is 8.41. The van der Waals surface area contributed by atoms with Crippen molar-refractivity contribution in [2.24, 2.45) is 5.73 Å². The molecule has 0 saturated carbocycles. The summed E-state index contributed by atoms with van der Waals surface area (Å²) in [5.74, 6) is 0.413. The molecule has 1 fully saturated rings. The van der Waals surface area contributed by atoms with Gasteiger partial charge in [0.1, 0.15) is 0 Å². The number of benzene rings is 1. The van der Waals surface area contributed by atoms with Gasteiger partial charge in [-0.1, -0.05) is 22.9 Å². The van der Waals surface area contributed by atoms with E-state index in [1.165, 1.54) is 4.57 Å². The molecule has 2 N–H and O–H groups in total. The summed E-state index contributed by atoms with van der Waals surface area (Å²) >= 11 is 3.48. The molecule has 2 heterocycles. The highest BCUT2D eigenvalue weighted by molar-refractivity contribution is 9.10. The van der Waals surface area contributed by atoms with Crippen LogP contribution < -0.4 is 5.73 Å². The number of hydrogen-bond acceptors (Lipinski definition) is 3. The maximum Gasteiger partial charge on any atom is 0.323 e. The summed E-state index contributed by atoms with van der Waals surface area (Å²) in [5.41, 5.74) is 7.34. The van der Waals surface area contributed by atoms with Crippen molar-refractivity contribution in [1.82, 2.24) is 8.87 Å². The number of sulfonamides is 1. The molecule has 6 nitrogen and oxygen atoms in total. The summed E-state index contributed by atoms with van der Waals surface area (Å²) in [6.07, 6.45) is 3.92. The third-order valence-electron chi connectivity index (χ3n) is 4.78. The summed E-state index contributed by atoms with van der Waals surface area (Å²) < 4.78 is 28.5. The van der Waals surface area contributed by atoms with Crippen molar-refractivity contribution < 1.29 is 13.2 Å². The van der Waals surface area contributed by atoms with Gasteiger partial charge in [-0.25, -0.2) is 17.5 Å². The predicted molar refractivity (Wildman–Crippen MR) is 102 cm³/mol. The maximum atomic E-state index is 12.2. The number of fused-ring (bicyclic) bond motifs is 1. The van der Waals surface area contributed by atoms with Crippen LogP contribution in [0.5, 0.6) is 0 Å². The molecule has 0 radical (unpaired) electrons. The number of rotatable bonds is 4. The number of aromatic nitrogens is 1. The molecule has 0 spiro atoms. The minimum absolute atomic E-state index is 0.200. The van der Waals surface area contributed by atoms with Gasteiger partial charge in [0.05, 0.1) is 11.3 Å². The summed E-state index contributed by atoms with van der Waals surface area (Å²) in [6.45, 7) is 2.91. The van der Waals surface area contributed by atoms with Gasteiger partial charge in [-0.15, -0.1) is 0 Å². The molecule has 0 aliphatic carbocycles. The molecule has 2 aromatic rings. The van der Waals surface area contributed by atoms with E-state index in [9.17, 15) is 13.2 Å². The van der Waals surface area contributed by atoms with Crippen LogP contribution in [0.3, 0.4) is 0 Å². The van der Waals surface area contributed by atoms with Crippen LogP contribution in [0.15, 0.2) is 28.9 Å². The molecule has 1 aromatic carbocycles. The Bertz CT molecular complexity index is 899. The first-order valence-corrected chi connectivity index (χ1v) is 10.8. The number of carbonyl (C=O) groups excluding carboxylic acids is 1. The van der Waals surface area contributed by atoms with Gasteiger partial charge in [0.25, 0.3) is 0 Å². The lowest BCUT2D eigenvalue weighted by molar-refractivity contribution is 0.251. The fourth-order valence-corrected chi connectivity index (χ4v) is 5.47. The number of amides is 1. The Morgan fingerprint density at radius 2 is 2.00 bits per heavy atom. The molecule has 8 heteroatoms. The van der Waals surface area contributed by atoms with E-state index in [2.05, 4.69) is 15.9 Å². The summed E-state index contributed by atoms with van der Waals surface area (Å²) in [4.78, 5) is 11.7. The Morgan fingerprint density at radius 1 is 1.32 bits per heavy atom. The van der Waals surface area contributed by atoms with Gasteiger partial charge < -0.3 is 5.73 Å². The van der Waals surface area contributed by atoms with Crippen molar-refractivity contribution >= 4 is 42.9 Å². The van der Waals surface area contributed by atoms with Crippen molar-refractivity contribution in [3.63, 3.8) is 0 Å². The van der Waals surface area contributed by atoms with Gasteiger partial charge in [0.15, 0.2) is 0 Å². The van der Waals surface area contributed by atoms with E-state index in [0.717, 1.165) is 33.8 Å². The van der Waals surface area contributed by atoms with E-state index in [-0.39, 0.29) is 11.7 Å². The molecular weight excluding hydrogens is 406 g/mol. The SMILES string of the molecule is CCCS(=O)(=O)N1CCC(c2cn(C(N)=O)c3ccc(Br)cc23)CC1. The highest BCUT2D eigenvalue weighted by Crippen LogP contribution is 2.36. The topological polar surface area (TPSA) is 85.4 Å². The first kappa shape index (κ1) is 18.4. The zero-order valence-electron chi connectivity index (χ0n) is 14.1. The van der Waals surface area contributed by atoms with Gasteiger partial charge in [0.2, 0.25) is 10.0 Å². The van der Waals surface area contributed by atoms with Crippen LogP contribution in [0, 0.1) is 0 Å². The van der Waals surface area contributed by atoms with Crippen LogP contribution in [-0.2, 0) is 10.0 Å². The van der Waals surface area contributed by atoms with Gasteiger partial charge in [-0.2, -0.15) is 0 Å². The molecule has 1 aromatic heterocycles. The van der Waals surface area contributed by atoms with E-state index >= 15 is 0 Å². The Balaban J connectivity index is 1.89. The van der Waals surface area contributed by atoms with Crippen molar-refractivity contribution in [2.75, 3.05) is 18.8 Å². The second-order valence-corrected chi connectivity index (χ2v) is 9.45. The quantitative estimate of drug-likeness (QED) is 0.811. The number of nitrogens with zero attached hydrogens (tertiary/aromatic N) is 2. The van der Waals surface area contributed by atoms with Crippen LogP contribution >= 0.6 is 15.9 Å². The van der Waals surface area contributed by atoms with Crippen LogP contribution in [0.4, 0.5) is 4.79 Å². The van der Waals surface area contributed by atoms with Gasteiger partial charge in [-0.3, -0.25) is 4.57 Å². The molecule has 1 aliphatic heterocycles. The molecule has 3 rings (SSSR count). The van der Waals surface area contributed by atoms with Crippen molar-refractivity contribution in [2.45, 2.75) is 32.1 Å². The average Bonchev–Trinajstić information content (AvgIpc) is 2.94. The molecule has 25 heavy (non-hydrogen) atoms. The van der Waals surface area contributed by atoms with Crippen molar-refractivity contribution in [3.05, 3.63) is 34.4 Å². The lowest BCUT2D eigenvalue weighted by atomic mass is 9.90. The van der Waals surface area contributed by atoms with E-state index in [1.807, 2.05) is 25.1 Å². The minimum Gasteiger partial charge on any atom is -0.351 e. The van der Waals surface area contributed by atoms with Gasteiger partial charge in [-0.05, 0) is 48.9 Å². The summed E-state index contributed by atoms with van der Waals surface area (Å²) in [7, 11) is -3.15. The van der Waals surface area contributed by atoms with E-state index < -0.39 is 16.1 Å². The Kier molecular flexibility index (Phi) is 5.22.